The van der Waals surface area contributed by atoms with Gasteiger partial charge < -0.3 is 42.6 Å². The van der Waals surface area contributed by atoms with Gasteiger partial charge in [0.25, 0.3) is 17.9 Å². The Balaban J connectivity index is 5.19. The van der Waals surface area contributed by atoms with Gasteiger partial charge in [0.15, 0.2) is 0 Å². The molecule has 0 aromatic rings. The molecule has 0 aromatic heterocycles. The zero-order valence-corrected chi connectivity index (χ0v) is 20.1. The first-order valence-electron chi connectivity index (χ1n) is 9.30. The largest absolute Gasteiger partial charge is 0.331 e. The molecule has 28 heavy (non-hydrogen) atoms. The maximum Gasteiger partial charge on any atom is 0.281 e. The van der Waals surface area contributed by atoms with Gasteiger partial charge in [0.05, 0.1) is 0 Å². The SMILES string of the molecule is COC(CC[SiH](CCC(OC)(OC)OC)CCC(OC)(OC)OC)(OC)OC. The van der Waals surface area contributed by atoms with Crippen molar-refractivity contribution in [2.24, 2.45) is 0 Å². The lowest BCUT2D eigenvalue weighted by atomic mass is 10.4. The smallest absolute Gasteiger partial charge is 0.281 e. The molecule has 0 bridgehead atoms. The molecule has 0 rings (SSSR count). The summed E-state index contributed by atoms with van der Waals surface area (Å²) < 4.78 is 48.9. The molecule has 0 saturated heterocycles. The average molecular weight is 429 g/mol. The Kier molecular flexibility index (Phi) is 13.9. The van der Waals surface area contributed by atoms with Gasteiger partial charge >= 0.3 is 0 Å². The van der Waals surface area contributed by atoms with Crippen molar-refractivity contribution in [1.29, 1.82) is 0 Å². The Hall–Kier alpha value is -0.143. The minimum absolute atomic E-state index is 0.604. The second kappa shape index (κ2) is 14.0. The lowest BCUT2D eigenvalue weighted by Crippen LogP contribution is -2.40. The summed E-state index contributed by atoms with van der Waals surface area (Å²) in [6, 6.07) is 2.70. The molecule has 0 aliphatic carbocycles. The predicted molar refractivity (Wildman–Crippen MR) is 107 cm³/mol. The highest BCUT2D eigenvalue weighted by Crippen LogP contribution is 2.30. The molecule has 0 heterocycles. The highest BCUT2D eigenvalue weighted by Gasteiger charge is 2.36. The van der Waals surface area contributed by atoms with Gasteiger partial charge in [-0.3, -0.25) is 0 Å². The van der Waals surface area contributed by atoms with E-state index in [2.05, 4.69) is 0 Å². The molecular weight excluding hydrogens is 388 g/mol. The van der Waals surface area contributed by atoms with Crippen LogP contribution in [0.15, 0.2) is 0 Å². The van der Waals surface area contributed by atoms with E-state index in [1.165, 1.54) is 0 Å². The molecule has 0 atom stereocenters. The molecule has 0 aromatic carbocycles. The second-order valence-electron chi connectivity index (χ2n) is 6.37. The van der Waals surface area contributed by atoms with Crippen LogP contribution in [0.25, 0.3) is 0 Å². The first kappa shape index (κ1) is 27.9. The molecule has 0 fully saturated rings. The van der Waals surface area contributed by atoms with Gasteiger partial charge in [-0.2, -0.15) is 0 Å². The monoisotopic (exact) mass is 428 g/mol. The maximum atomic E-state index is 5.43. The molecule has 0 spiro atoms. The Morgan fingerprint density at radius 3 is 0.714 bits per heavy atom. The summed E-state index contributed by atoms with van der Waals surface area (Å²) in [5.41, 5.74) is 0. The molecule has 0 unspecified atom stereocenters. The topological polar surface area (TPSA) is 83.1 Å². The molecule has 10 heteroatoms. The summed E-state index contributed by atoms with van der Waals surface area (Å²) in [6.07, 6.45) is 1.81. The minimum atomic E-state index is -1.38. The van der Waals surface area contributed by atoms with E-state index in [9.17, 15) is 0 Å². The van der Waals surface area contributed by atoms with E-state index in [4.69, 9.17) is 42.6 Å². The summed E-state index contributed by atoms with van der Waals surface area (Å²) in [7, 11) is 12.8. The molecule has 170 valence electrons. The third-order valence-electron chi connectivity index (χ3n) is 5.38. The number of ether oxygens (including phenoxy) is 9. The van der Waals surface area contributed by atoms with Crippen LogP contribution in [0.5, 0.6) is 0 Å². The van der Waals surface area contributed by atoms with Crippen LogP contribution in [0.4, 0.5) is 0 Å². The van der Waals surface area contributed by atoms with Crippen molar-refractivity contribution in [3.05, 3.63) is 0 Å². The lowest BCUT2D eigenvalue weighted by molar-refractivity contribution is -0.354. The van der Waals surface area contributed by atoms with Gasteiger partial charge in [0, 0.05) is 92.0 Å². The number of hydrogen-bond donors (Lipinski definition) is 0. The van der Waals surface area contributed by atoms with Crippen LogP contribution in [-0.4, -0.2) is 90.7 Å². The summed E-state index contributed by atoms with van der Waals surface area (Å²) in [5, 5.41) is 0. The van der Waals surface area contributed by atoms with Gasteiger partial charge in [-0.25, -0.2) is 0 Å². The highest BCUT2D eigenvalue weighted by atomic mass is 28.3. The minimum Gasteiger partial charge on any atom is -0.331 e. The molecular formula is C18H40O9Si. The molecule has 0 amide bonds. The van der Waals surface area contributed by atoms with Gasteiger partial charge in [-0.15, -0.1) is 0 Å². The first-order chi connectivity index (χ1) is 13.3. The van der Waals surface area contributed by atoms with Crippen LogP contribution in [0.2, 0.25) is 18.1 Å². The van der Waals surface area contributed by atoms with Crippen LogP contribution >= 0.6 is 0 Å². The average Bonchev–Trinajstić information content (AvgIpc) is 2.76. The zero-order chi connectivity index (χ0) is 21.7. The molecule has 0 saturated carbocycles. The van der Waals surface area contributed by atoms with Crippen LogP contribution in [0.3, 0.4) is 0 Å². The zero-order valence-electron chi connectivity index (χ0n) is 19.0. The van der Waals surface area contributed by atoms with E-state index in [0.29, 0.717) is 19.3 Å². The quantitative estimate of drug-likeness (QED) is 0.241. The van der Waals surface area contributed by atoms with Gasteiger partial charge in [0.1, 0.15) is 0 Å². The Bertz CT molecular complexity index is 303. The number of hydrogen-bond acceptors (Lipinski definition) is 9. The standard InChI is InChI=1S/C18H40O9Si/c1-19-16(20-2,21-3)10-13-28(14-11-17(22-4,23-5)24-6)15-12-18(25-7,26-8)27-9/h28H,10-15H2,1-9H3. The lowest BCUT2D eigenvalue weighted by Gasteiger charge is -2.33. The Morgan fingerprint density at radius 2 is 0.571 bits per heavy atom. The fourth-order valence-corrected chi connectivity index (χ4v) is 6.40. The van der Waals surface area contributed by atoms with E-state index in [0.717, 1.165) is 18.1 Å². The summed E-state index contributed by atoms with van der Waals surface area (Å²) in [4.78, 5) is 0. The predicted octanol–water partition coefficient (Wildman–Crippen LogP) is 2.16. The van der Waals surface area contributed by atoms with Gasteiger partial charge in [0.2, 0.25) is 0 Å². The van der Waals surface area contributed by atoms with Crippen LogP contribution in [0, 0.1) is 0 Å². The van der Waals surface area contributed by atoms with E-state index in [1.807, 2.05) is 0 Å². The Morgan fingerprint density at radius 1 is 0.393 bits per heavy atom. The van der Waals surface area contributed by atoms with E-state index >= 15 is 0 Å². The fourth-order valence-electron chi connectivity index (χ4n) is 3.24. The summed E-state index contributed by atoms with van der Waals surface area (Å²) >= 11 is 0. The summed E-state index contributed by atoms with van der Waals surface area (Å²) in [5.74, 6) is -3.15. The van der Waals surface area contributed by atoms with Crippen molar-refractivity contribution in [1.82, 2.24) is 0 Å². The normalized spacial score (nSPS) is 13.5. The molecule has 0 aliphatic heterocycles. The van der Waals surface area contributed by atoms with Crippen molar-refractivity contribution < 1.29 is 42.6 Å². The van der Waals surface area contributed by atoms with Crippen molar-refractivity contribution >= 4 is 8.80 Å². The maximum absolute atomic E-state index is 5.43. The van der Waals surface area contributed by atoms with Crippen molar-refractivity contribution in [2.45, 2.75) is 55.3 Å². The molecule has 9 nitrogen and oxygen atoms in total. The molecule has 0 aliphatic rings. The highest BCUT2D eigenvalue weighted by molar-refractivity contribution is 6.58. The van der Waals surface area contributed by atoms with Gasteiger partial charge in [-0.1, -0.05) is 18.1 Å². The third-order valence-corrected chi connectivity index (χ3v) is 8.69. The van der Waals surface area contributed by atoms with E-state index in [-0.39, 0.29) is 0 Å². The Labute approximate surface area is 171 Å². The van der Waals surface area contributed by atoms with Crippen LogP contribution < -0.4 is 0 Å². The molecule has 0 N–H and O–H groups in total. The van der Waals surface area contributed by atoms with Crippen molar-refractivity contribution in [2.75, 3.05) is 64.0 Å². The van der Waals surface area contributed by atoms with Crippen molar-refractivity contribution in [3.63, 3.8) is 0 Å². The van der Waals surface area contributed by atoms with Crippen LogP contribution in [0.1, 0.15) is 19.3 Å². The first-order valence-corrected chi connectivity index (χ1v) is 11.7. The van der Waals surface area contributed by atoms with Crippen molar-refractivity contribution in [3.8, 4) is 0 Å². The molecule has 0 radical (unpaired) electrons. The number of methoxy groups -OCH3 is 9. The second-order valence-corrected chi connectivity index (χ2v) is 9.83. The third kappa shape index (κ3) is 7.94. The van der Waals surface area contributed by atoms with E-state index in [1.54, 1.807) is 64.0 Å². The fraction of sp³-hybridized carbons (Fsp3) is 1.00. The van der Waals surface area contributed by atoms with Gasteiger partial charge in [-0.05, 0) is 0 Å². The number of rotatable bonds is 18. The summed E-state index contributed by atoms with van der Waals surface area (Å²) in [6.45, 7) is 0. The van der Waals surface area contributed by atoms with Crippen LogP contribution in [-0.2, 0) is 42.6 Å². The van der Waals surface area contributed by atoms with E-state index < -0.39 is 26.7 Å².